The molecule has 0 fully saturated rings. The first-order valence-corrected chi connectivity index (χ1v) is 10.2. The number of alkyl halides is 6. The monoisotopic (exact) mass is 476 g/mol. The number of benzene rings is 2. The van der Waals surface area contributed by atoms with Crippen LogP contribution in [0.15, 0.2) is 65.2 Å². The molecule has 0 heterocycles. The molecule has 0 radical (unpaired) electrons. The SMILES string of the molecule is C=C(/C(SCc1ccc(O)c(C)c1)=C(/N)C(F)(F)F)C(C)(N)c1cccc(C(F)(F)F)c1. The van der Waals surface area contributed by atoms with E-state index in [1.807, 2.05) is 0 Å². The number of halogens is 6. The Kier molecular flexibility index (Phi) is 7.31. The maximum Gasteiger partial charge on any atom is 0.431 e. The fourth-order valence-corrected chi connectivity index (χ4v) is 4.00. The number of hydrogen-bond acceptors (Lipinski definition) is 4. The first-order chi connectivity index (χ1) is 14.5. The molecule has 1 atom stereocenters. The lowest BCUT2D eigenvalue weighted by Crippen LogP contribution is -2.37. The highest BCUT2D eigenvalue weighted by Gasteiger charge is 2.39. The van der Waals surface area contributed by atoms with Crippen molar-refractivity contribution in [2.45, 2.75) is 37.5 Å². The highest BCUT2D eigenvalue weighted by molar-refractivity contribution is 8.02. The quantitative estimate of drug-likeness (QED) is 0.347. The topological polar surface area (TPSA) is 72.3 Å². The zero-order chi connectivity index (χ0) is 24.5. The Morgan fingerprint density at radius 1 is 1.03 bits per heavy atom. The molecule has 0 saturated carbocycles. The van der Waals surface area contributed by atoms with Gasteiger partial charge in [0, 0.05) is 10.7 Å². The van der Waals surface area contributed by atoms with Crippen LogP contribution >= 0.6 is 11.8 Å². The smallest absolute Gasteiger partial charge is 0.431 e. The summed E-state index contributed by atoms with van der Waals surface area (Å²) < 4.78 is 79.7. The standard InChI is InChI=1S/C22H22F6N2OS/c1-12-9-14(7-8-17(12)31)11-32-18(19(29)22(26,27)28)13(2)20(3,30)15-5-4-6-16(10-15)21(23,24)25/h4-10,31H,2,11,29-30H2,1,3H3/b19-18-. The summed E-state index contributed by atoms with van der Waals surface area (Å²) in [6.45, 7) is 6.58. The molecule has 0 aliphatic heterocycles. The van der Waals surface area contributed by atoms with Crippen molar-refractivity contribution in [2.75, 3.05) is 0 Å². The Bertz CT molecular complexity index is 1040. The normalized spacial score (nSPS) is 15.2. The molecule has 0 aliphatic rings. The Morgan fingerprint density at radius 2 is 1.62 bits per heavy atom. The molecule has 10 heteroatoms. The number of hydrogen-bond donors (Lipinski definition) is 3. The predicted molar refractivity (Wildman–Crippen MR) is 114 cm³/mol. The summed E-state index contributed by atoms with van der Waals surface area (Å²) in [5.74, 6) is 0.0677. The van der Waals surface area contributed by atoms with Gasteiger partial charge in [-0.25, -0.2) is 0 Å². The van der Waals surface area contributed by atoms with Crippen LogP contribution in [-0.4, -0.2) is 11.3 Å². The van der Waals surface area contributed by atoms with E-state index in [4.69, 9.17) is 11.5 Å². The van der Waals surface area contributed by atoms with Crippen molar-refractivity contribution in [3.63, 3.8) is 0 Å². The molecule has 0 aliphatic carbocycles. The number of aromatic hydroxyl groups is 1. The number of nitrogens with two attached hydrogens (primary N) is 2. The second kappa shape index (κ2) is 9.11. The number of thioether (sulfide) groups is 1. The van der Waals surface area contributed by atoms with E-state index in [-0.39, 0.29) is 22.6 Å². The molecule has 0 saturated heterocycles. The van der Waals surface area contributed by atoms with E-state index in [2.05, 4.69) is 6.58 Å². The zero-order valence-electron chi connectivity index (χ0n) is 17.2. The Hall–Kier alpha value is -2.59. The third-order valence-electron chi connectivity index (χ3n) is 4.88. The number of phenolic OH excluding ortho intramolecular Hbond substituents is 1. The summed E-state index contributed by atoms with van der Waals surface area (Å²) in [6, 6.07) is 8.57. The number of allylic oxidation sites excluding steroid dienone is 1. The molecule has 3 nitrogen and oxygen atoms in total. The Balaban J connectivity index is 2.47. The van der Waals surface area contributed by atoms with Gasteiger partial charge in [0.25, 0.3) is 0 Å². The largest absolute Gasteiger partial charge is 0.508 e. The van der Waals surface area contributed by atoms with Gasteiger partial charge in [-0.2, -0.15) is 26.3 Å². The van der Waals surface area contributed by atoms with E-state index in [1.165, 1.54) is 25.1 Å². The van der Waals surface area contributed by atoms with Gasteiger partial charge < -0.3 is 16.6 Å². The van der Waals surface area contributed by atoms with E-state index in [9.17, 15) is 31.4 Å². The fourth-order valence-electron chi connectivity index (χ4n) is 2.85. The Morgan fingerprint density at radius 3 is 2.16 bits per heavy atom. The van der Waals surface area contributed by atoms with Gasteiger partial charge in [0.05, 0.1) is 11.1 Å². The maximum absolute atomic E-state index is 13.5. The first kappa shape index (κ1) is 25.7. The lowest BCUT2D eigenvalue weighted by molar-refractivity contribution is -0.137. The molecule has 32 heavy (non-hydrogen) atoms. The molecular weight excluding hydrogens is 454 g/mol. The van der Waals surface area contributed by atoms with Gasteiger partial charge in [-0.1, -0.05) is 30.8 Å². The number of rotatable bonds is 6. The van der Waals surface area contributed by atoms with Crippen LogP contribution in [0.25, 0.3) is 0 Å². The molecule has 0 bridgehead atoms. The van der Waals surface area contributed by atoms with Gasteiger partial charge in [0.1, 0.15) is 11.4 Å². The van der Waals surface area contributed by atoms with E-state index >= 15 is 0 Å². The lowest BCUT2D eigenvalue weighted by Gasteiger charge is -2.31. The highest BCUT2D eigenvalue weighted by atomic mass is 32.2. The molecular formula is C22H22F6N2OS. The van der Waals surface area contributed by atoms with Crippen molar-refractivity contribution >= 4 is 11.8 Å². The second-order valence-electron chi connectivity index (χ2n) is 7.41. The third kappa shape index (κ3) is 5.80. The Labute approximate surface area is 185 Å². The van der Waals surface area contributed by atoms with E-state index < -0.39 is 34.1 Å². The second-order valence-corrected chi connectivity index (χ2v) is 8.40. The van der Waals surface area contributed by atoms with Crippen LogP contribution in [0.3, 0.4) is 0 Å². The molecule has 2 aromatic rings. The fraction of sp³-hybridized carbons (Fsp3) is 0.273. The number of phenols is 1. The molecule has 1 unspecified atom stereocenters. The third-order valence-corrected chi connectivity index (χ3v) is 6.12. The molecule has 0 spiro atoms. The summed E-state index contributed by atoms with van der Waals surface area (Å²) in [5.41, 5.74) is 8.20. The average Bonchev–Trinajstić information content (AvgIpc) is 2.69. The van der Waals surface area contributed by atoms with Gasteiger partial charge in [-0.15, -0.1) is 11.8 Å². The van der Waals surface area contributed by atoms with Crippen LogP contribution in [0.5, 0.6) is 5.75 Å². The van der Waals surface area contributed by atoms with Crippen LogP contribution < -0.4 is 11.5 Å². The molecule has 5 N–H and O–H groups in total. The van der Waals surface area contributed by atoms with E-state index in [1.54, 1.807) is 13.0 Å². The molecule has 2 rings (SSSR count). The van der Waals surface area contributed by atoms with Crippen molar-refractivity contribution < 1.29 is 31.4 Å². The van der Waals surface area contributed by atoms with Crippen molar-refractivity contribution in [1.82, 2.24) is 0 Å². The summed E-state index contributed by atoms with van der Waals surface area (Å²) in [6.07, 6.45) is -9.55. The average molecular weight is 476 g/mol. The van der Waals surface area contributed by atoms with E-state index in [0.717, 1.165) is 18.2 Å². The minimum absolute atomic E-state index is 0.0327. The predicted octanol–water partition coefficient (Wildman–Crippen LogP) is 6.12. The van der Waals surface area contributed by atoms with Crippen molar-refractivity contribution in [1.29, 1.82) is 0 Å². The number of aryl methyl sites for hydroxylation is 1. The minimum atomic E-state index is -4.90. The van der Waals surface area contributed by atoms with Crippen LogP contribution in [0, 0.1) is 6.92 Å². The van der Waals surface area contributed by atoms with Crippen molar-refractivity contribution in [3.8, 4) is 5.75 Å². The van der Waals surface area contributed by atoms with Gasteiger partial charge in [-0.3, -0.25) is 0 Å². The minimum Gasteiger partial charge on any atom is -0.508 e. The maximum atomic E-state index is 13.5. The molecule has 2 aromatic carbocycles. The van der Waals surface area contributed by atoms with E-state index in [0.29, 0.717) is 22.9 Å². The molecule has 0 aromatic heterocycles. The summed E-state index contributed by atoms with van der Waals surface area (Å²) in [5, 5.41) is 9.62. The van der Waals surface area contributed by atoms with Gasteiger partial charge in [0.15, 0.2) is 0 Å². The molecule has 0 amide bonds. The van der Waals surface area contributed by atoms with Crippen molar-refractivity contribution in [3.05, 3.63) is 87.5 Å². The molecule has 174 valence electrons. The zero-order valence-corrected chi connectivity index (χ0v) is 18.1. The summed E-state index contributed by atoms with van der Waals surface area (Å²) in [4.78, 5) is -0.467. The van der Waals surface area contributed by atoms with Crippen LogP contribution in [0.4, 0.5) is 26.3 Å². The van der Waals surface area contributed by atoms with Gasteiger partial charge in [0.2, 0.25) is 0 Å². The van der Waals surface area contributed by atoms with Crippen molar-refractivity contribution in [2.24, 2.45) is 11.5 Å². The van der Waals surface area contributed by atoms with Gasteiger partial charge in [-0.05, 0) is 54.3 Å². The van der Waals surface area contributed by atoms with Crippen LogP contribution in [0.2, 0.25) is 0 Å². The highest BCUT2D eigenvalue weighted by Crippen LogP contribution is 2.42. The lowest BCUT2D eigenvalue weighted by atomic mass is 9.84. The van der Waals surface area contributed by atoms with Gasteiger partial charge >= 0.3 is 12.4 Å². The first-order valence-electron chi connectivity index (χ1n) is 9.19. The van der Waals surface area contributed by atoms with Crippen LogP contribution in [0.1, 0.15) is 29.2 Å². The summed E-state index contributed by atoms with van der Waals surface area (Å²) >= 11 is 0.715. The summed E-state index contributed by atoms with van der Waals surface area (Å²) in [7, 11) is 0. The van der Waals surface area contributed by atoms with Crippen LogP contribution in [-0.2, 0) is 17.5 Å².